The lowest BCUT2D eigenvalue weighted by atomic mass is 9.98. The molecule has 1 amide bonds. The molecule has 116 valence electrons. The largest absolute Gasteiger partial charge is 0.478 e. The molecule has 0 bridgehead atoms. The Morgan fingerprint density at radius 1 is 1.36 bits per heavy atom. The van der Waals surface area contributed by atoms with E-state index in [-0.39, 0.29) is 17.9 Å². The van der Waals surface area contributed by atoms with Crippen molar-refractivity contribution < 1.29 is 14.7 Å². The minimum absolute atomic E-state index is 0.0312. The lowest BCUT2D eigenvalue weighted by Crippen LogP contribution is -2.43. The van der Waals surface area contributed by atoms with E-state index in [2.05, 4.69) is 10.3 Å². The quantitative estimate of drug-likeness (QED) is 0.858. The van der Waals surface area contributed by atoms with Crippen LogP contribution in [0.15, 0.2) is 35.8 Å². The van der Waals surface area contributed by atoms with Crippen LogP contribution < -0.4 is 5.32 Å². The number of rotatable bonds is 6. The highest BCUT2D eigenvalue weighted by Gasteiger charge is 2.29. The van der Waals surface area contributed by atoms with Gasteiger partial charge in [-0.25, -0.2) is 9.78 Å². The van der Waals surface area contributed by atoms with Gasteiger partial charge in [0.05, 0.1) is 17.5 Å². The number of aromatic carboxylic acids is 1. The van der Waals surface area contributed by atoms with Crippen molar-refractivity contribution >= 4 is 23.2 Å². The summed E-state index contributed by atoms with van der Waals surface area (Å²) in [4.78, 5) is 27.8. The van der Waals surface area contributed by atoms with Crippen LogP contribution in [0.3, 0.4) is 0 Å². The summed E-state index contributed by atoms with van der Waals surface area (Å²) in [6, 6.07) is 6.55. The van der Waals surface area contributed by atoms with E-state index in [1.165, 1.54) is 17.4 Å². The second kappa shape index (κ2) is 6.70. The second-order valence-corrected chi connectivity index (χ2v) is 6.10. The Morgan fingerprint density at radius 3 is 2.68 bits per heavy atom. The molecule has 0 saturated carbocycles. The van der Waals surface area contributed by atoms with E-state index in [0.717, 1.165) is 5.01 Å². The van der Waals surface area contributed by atoms with Gasteiger partial charge >= 0.3 is 5.97 Å². The van der Waals surface area contributed by atoms with Crippen molar-refractivity contribution in [2.75, 3.05) is 0 Å². The van der Waals surface area contributed by atoms with Crippen molar-refractivity contribution in [1.82, 2.24) is 10.3 Å². The smallest absolute Gasteiger partial charge is 0.335 e. The van der Waals surface area contributed by atoms with E-state index < -0.39 is 11.5 Å². The van der Waals surface area contributed by atoms with Gasteiger partial charge in [-0.1, -0.05) is 25.1 Å². The van der Waals surface area contributed by atoms with Crippen LogP contribution in [0.25, 0.3) is 0 Å². The number of nitrogens with zero attached hydrogens (tertiary/aromatic N) is 1. The molecule has 0 fully saturated rings. The molecular weight excluding hydrogens is 300 g/mol. The first-order valence-corrected chi connectivity index (χ1v) is 7.86. The number of benzene rings is 1. The van der Waals surface area contributed by atoms with Gasteiger partial charge in [-0.2, -0.15) is 0 Å². The second-order valence-electron chi connectivity index (χ2n) is 5.21. The fourth-order valence-corrected chi connectivity index (χ4v) is 3.02. The highest BCUT2D eigenvalue weighted by molar-refractivity contribution is 7.09. The molecule has 1 atom stereocenters. The third-order valence-corrected chi connectivity index (χ3v) is 4.66. The molecule has 6 heteroatoms. The topological polar surface area (TPSA) is 79.3 Å². The molecule has 1 aromatic carbocycles. The Kier molecular flexibility index (Phi) is 4.92. The van der Waals surface area contributed by atoms with Gasteiger partial charge in [0, 0.05) is 11.6 Å². The molecular formula is C16H18N2O3S. The zero-order chi connectivity index (χ0) is 16.2. The summed E-state index contributed by atoms with van der Waals surface area (Å²) in [5.41, 5.74) is 0.124. The monoisotopic (exact) mass is 318 g/mol. The van der Waals surface area contributed by atoms with Crippen LogP contribution in [0.5, 0.6) is 0 Å². The van der Waals surface area contributed by atoms with E-state index in [4.69, 9.17) is 5.11 Å². The molecule has 0 aliphatic heterocycles. The standard InChI is InChI=1S/C16H18N2O3S/c1-3-16(2,15-17-8-9-22-15)18-13(19)10-11-6-4-5-7-12(11)14(20)21/h4-9H,3,10H2,1-2H3,(H,18,19)(H,20,21). The number of carbonyl (C=O) groups excluding carboxylic acids is 1. The number of thiazole rings is 1. The predicted molar refractivity (Wildman–Crippen MR) is 85.0 cm³/mol. The molecule has 0 spiro atoms. The zero-order valence-corrected chi connectivity index (χ0v) is 13.3. The lowest BCUT2D eigenvalue weighted by Gasteiger charge is -2.27. The van der Waals surface area contributed by atoms with Crippen molar-refractivity contribution in [1.29, 1.82) is 0 Å². The third kappa shape index (κ3) is 3.51. The fourth-order valence-electron chi connectivity index (χ4n) is 2.20. The van der Waals surface area contributed by atoms with E-state index in [0.29, 0.717) is 12.0 Å². The summed E-state index contributed by atoms with van der Waals surface area (Å²) in [5.74, 6) is -1.24. The summed E-state index contributed by atoms with van der Waals surface area (Å²) in [6.45, 7) is 3.90. The van der Waals surface area contributed by atoms with Crippen molar-refractivity contribution in [2.24, 2.45) is 0 Å². The van der Waals surface area contributed by atoms with Crippen molar-refractivity contribution in [3.8, 4) is 0 Å². The average molecular weight is 318 g/mol. The molecule has 5 nitrogen and oxygen atoms in total. The molecule has 0 aliphatic rings. The first-order chi connectivity index (χ1) is 10.5. The number of carboxylic acid groups (broad SMARTS) is 1. The van der Waals surface area contributed by atoms with Gasteiger partial charge in [0.1, 0.15) is 5.01 Å². The maximum atomic E-state index is 12.3. The van der Waals surface area contributed by atoms with Crippen molar-refractivity contribution in [3.63, 3.8) is 0 Å². The molecule has 0 radical (unpaired) electrons. The number of amides is 1. The minimum atomic E-state index is -1.03. The number of carbonyl (C=O) groups is 2. The number of hydrogen-bond donors (Lipinski definition) is 2. The van der Waals surface area contributed by atoms with Gasteiger partial charge in [0.2, 0.25) is 5.91 Å². The fraction of sp³-hybridized carbons (Fsp3) is 0.312. The molecule has 2 aromatic rings. The highest BCUT2D eigenvalue weighted by atomic mass is 32.1. The minimum Gasteiger partial charge on any atom is -0.478 e. The number of aromatic nitrogens is 1. The lowest BCUT2D eigenvalue weighted by molar-refractivity contribution is -0.122. The van der Waals surface area contributed by atoms with Crippen LogP contribution in [0, 0.1) is 0 Å². The maximum Gasteiger partial charge on any atom is 0.335 e. The predicted octanol–water partition coefficient (Wildman–Crippen LogP) is 2.83. The first-order valence-electron chi connectivity index (χ1n) is 6.98. The van der Waals surface area contributed by atoms with Gasteiger partial charge in [0.15, 0.2) is 0 Å². The zero-order valence-electron chi connectivity index (χ0n) is 12.5. The van der Waals surface area contributed by atoms with Gasteiger partial charge < -0.3 is 10.4 Å². The third-order valence-electron chi connectivity index (χ3n) is 3.63. The Labute approximate surface area is 133 Å². The normalized spacial score (nSPS) is 13.4. The summed E-state index contributed by atoms with van der Waals surface area (Å²) in [7, 11) is 0. The molecule has 0 aliphatic carbocycles. The molecule has 0 saturated heterocycles. The van der Waals surface area contributed by atoms with Crippen molar-refractivity contribution in [2.45, 2.75) is 32.2 Å². The van der Waals surface area contributed by atoms with E-state index in [9.17, 15) is 9.59 Å². The molecule has 1 aromatic heterocycles. The molecule has 2 N–H and O–H groups in total. The Balaban J connectivity index is 2.15. The highest BCUT2D eigenvalue weighted by Crippen LogP contribution is 2.26. The Hall–Kier alpha value is -2.21. The van der Waals surface area contributed by atoms with Crippen LogP contribution in [0.4, 0.5) is 0 Å². The maximum absolute atomic E-state index is 12.3. The van der Waals surface area contributed by atoms with Gasteiger partial charge in [0.25, 0.3) is 0 Å². The SMILES string of the molecule is CCC(C)(NC(=O)Cc1ccccc1C(=O)O)c1nccs1. The van der Waals surface area contributed by atoms with Crippen LogP contribution in [0.1, 0.15) is 41.2 Å². The van der Waals surface area contributed by atoms with Gasteiger partial charge in [-0.15, -0.1) is 11.3 Å². The van der Waals surface area contributed by atoms with E-state index in [1.54, 1.807) is 24.4 Å². The summed E-state index contributed by atoms with van der Waals surface area (Å²) in [5, 5.41) is 14.9. The Morgan fingerprint density at radius 2 is 2.09 bits per heavy atom. The summed E-state index contributed by atoms with van der Waals surface area (Å²) >= 11 is 1.49. The van der Waals surface area contributed by atoms with Crippen molar-refractivity contribution in [3.05, 3.63) is 52.0 Å². The molecule has 2 rings (SSSR count). The molecule has 1 unspecified atom stereocenters. The van der Waals surface area contributed by atoms with Gasteiger partial charge in [-0.3, -0.25) is 4.79 Å². The average Bonchev–Trinajstić information content (AvgIpc) is 3.02. The molecule has 1 heterocycles. The van der Waals surface area contributed by atoms with Crippen LogP contribution in [-0.2, 0) is 16.8 Å². The number of carboxylic acids is 1. The van der Waals surface area contributed by atoms with Gasteiger partial charge in [-0.05, 0) is 25.0 Å². The van der Waals surface area contributed by atoms with Crippen LogP contribution in [-0.4, -0.2) is 22.0 Å². The molecule has 22 heavy (non-hydrogen) atoms. The summed E-state index contributed by atoms with van der Waals surface area (Å²) < 4.78 is 0. The first kappa shape index (κ1) is 16.2. The van der Waals surface area contributed by atoms with E-state index >= 15 is 0 Å². The number of nitrogens with one attached hydrogen (secondary N) is 1. The summed E-state index contributed by atoms with van der Waals surface area (Å²) in [6.07, 6.45) is 2.44. The Bertz CT molecular complexity index is 670. The van der Waals surface area contributed by atoms with Crippen LogP contribution >= 0.6 is 11.3 Å². The van der Waals surface area contributed by atoms with Crippen LogP contribution in [0.2, 0.25) is 0 Å². The number of hydrogen-bond acceptors (Lipinski definition) is 4. The van der Waals surface area contributed by atoms with E-state index in [1.807, 2.05) is 19.2 Å².